The van der Waals surface area contributed by atoms with Crippen molar-refractivity contribution in [1.29, 1.82) is 0 Å². The fourth-order valence-electron chi connectivity index (χ4n) is 2.33. The van der Waals surface area contributed by atoms with Crippen LogP contribution in [-0.2, 0) is 14.3 Å². The molecule has 6 heteroatoms. The third-order valence-electron chi connectivity index (χ3n) is 3.70. The van der Waals surface area contributed by atoms with Crippen LogP contribution in [0.15, 0.2) is 47.4 Å². The second-order valence-electron chi connectivity index (χ2n) is 5.37. The normalized spacial score (nSPS) is 12.7. The first-order valence-electron chi connectivity index (χ1n) is 7.63. The van der Waals surface area contributed by atoms with Crippen LogP contribution in [0.3, 0.4) is 0 Å². The van der Waals surface area contributed by atoms with E-state index in [1.54, 1.807) is 49.6 Å². The number of rotatable bonds is 7. The van der Waals surface area contributed by atoms with Crippen molar-refractivity contribution in [3.05, 3.63) is 53.6 Å². The summed E-state index contributed by atoms with van der Waals surface area (Å²) in [4.78, 5) is 0.145. The fourth-order valence-corrected chi connectivity index (χ4v) is 3.46. The molecule has 0 heterocycles. The van der Waals surface area contributed by atoms with Gasteiger partial charge in [0.05, 0.1) is 19.1 Å². The maximum Gasteiger partial charge on any atom is 0.297 e. The molecule has 0 N–H and O–H groups in total. The Morgan fingerprint density at radius 2 is 1.58 bits per heavy atom. The molecule has 0 saturated heterocycles. The van der Waals surface area contributed by atoms with Crippen LogP contribution >= 0.6 is 0 Å². The second-order valence-corrected chi connectivity index (χ2v) is 6.95. The summed E-state index contributed by atoms with van der Waals surface area (Å²) in [5.74, 6) is 1.11. The first-order chi connectivity index (χ1) is 11.4. The molecule has 2 rings (SSSR count). The minimum absolute atomic E-state index is 0.145. The van der Waals surface area contributed by atoms with Gasteiger partial charge in [0.1, 0.15) is 6.10 Å². The maximum atomic E-state index is 12.5. The van der Waals surface area contributed by atoms with Gasteiger partial charge < -0.3 is 9.47 Å². The lowest BCUT2D eigenvalue weighted by atomic mass is 10.1. The third kappa shape index (κ3) is 4.07. The smallest absolute Gasteiger partial charge is 0.297 e. The molecule has 130 valence electrons. The minimum Gasteiger partial charge on any atom is -0.493 e. The van der Waals surface area contributed by atoms with Crippen LogP contribution in [0, 0.1) is 6.92 Å². The van der Waals surface area contributed by atoms with E-state index in [9.17, 15) is 8.42 Å². The number of benzene rings is 2. The summed E-state index contributed by atoms with van der Waals surface area (Å²) >= 11 is 0. The first-order valence-corrected chi connectivity index (χ1v) is 9.04. The zero-order valence-electron chi connectivity index (χ0n) is 14.3. The molecule has 0 spiro atoms. The third-order valence-corrected chi connectivity index (χ3v) is 5.04. The Hall–Kier alpha value is -2.05. The molecule has 1 atom stereocenters. The van der Waals surface area contributed by atoms with E-state index in [2.05, 4.69) is 0 Å². The highest BCUT2D eigenvalue weighted by atomic mass is 32.2. The van der Waals surface area contributed by atoms with Crippen molar-refractivity contribution in [3.63, 3.8) is 0 Å². The molecule has 0 saturated carbocycles. The van der Waals surface area contributed by atoms with Crippen LogP contribution < -0.4 is 9.47 Å². The van der Waals surface area contributed by atoms with Crippen molar-refractivity contribution >= 4 is 10.1 Å². The molecule has 0 amide bonds. The average molecular weight is 350 g/mol. The minimum atomic E-state index is -3.84. The molecule has 0 radical (unpaired) electrons. The van der Waals surface area contributed by atoms with Crippen molar-refractivity contribution in [2.75, 3.05) is 14.2 Å². The van der Waals surface area contributed by atoms with E-state index >= 15 is 0 Å². The Morgan fingerprint density at radius 3 is 2.12 bits per heavy atom. The summed E-state index contributed by atoms with van der Waals surface area (Å²) in [5.41, 5.74) is 1.70. The fraction of sp³-hybridized carbons (Fsp3) is 0.333. The largest absolute Gasteiger partial charge is 0.493 e. The van der Waals surface area contributed by atoms with E-state index in [0.717, 1.165) is 5.56 Å². The van der Waals surface area contributed by atoms with E-state index in [1.807, 2.05) is 13.8 Å². The van der Waals surface area contributed by atoms with Gasteiger partial charge >= 0.3 is 0 Å². The van der Waals surface area contributed by atoms with Gasteiger partial charge in [-0.2, -0.15) is 8.42 Å². The van der Waals surface area contributed by atoms with Crippen LogP contribution in [0.1, 0.15) is 30.6 Å². The molecule has 5 nitrogen and oxygen atoms in total. The van der Waals surface area contributed by atoms with Crippen molar-refractivity contribution in [3.8, 4) is 11.5 Å². The molecule has 2 aromatic rings. The van der Waals surface area contributed by atoms with E-state index in [0.29, 0.717) is 23.5 Å². The molecule has 0 aromatic heterocycles. The van der Waals surface area contributed by atoms with E-state index in [-0.39, 0.29) is 4.90 Å². The molecule has 0 bridgehead atoms. The van der Waals surface area contributed by atoms with Gasteiger partial charge in [0.15, 0.2) is 11.5 Å². The zero-order valence-corrected chi connectivity index (χ0v) is 15.1. The molecule has 0 aliphatic heterocycles. The lowest BCUT2D eigenvalue weighted by Crippen LogP contribution is -2.12. The average Bonchev–Trinajstić information content (AvgIpc) is 2.59. The lowest BCUT2D eigenvalue weighted by Gasteiger charge is -2.18. The number of methoxy groups -OCH3 is 2. The van der Waals surface area contributed by atoms with Crippen LogP contribution in [0.5, 0.6) is 11.5 Å². The van der Waals surface area contributed by atoms with Crippen molar-refractivity contribution in [2.45, 2.75) is 31.3 Å². The Balaban J connectivity index is 2.30. The van der Waals surface area contributed by atoms with Gasteiger partial charge in [0, 0.05) is 0 Å². The predicted molar refractivity (Wildman–Crippen MR) is 92.0 cm³/mol. The van der Waals surface area contributed by atoms with Crippen molar-refractivity contribution < 1.29 is 22.1 Å². The van der Waals surface area contributed by atoms with E-state index < -0.39 is 16.2 Å². The van der Waals surface area contributed by atoms with Crippen LogP contribution in [0.25, 0.3) is 0 Å². The number of hydrogen-bond acceptors (Lipinski definition) is 5. The summed E-state index contributed by atoms with van der Waals surface area (Å²) in [6.07, 6.45) is -0.100. The predicted octanol–water partition coefficient (Wildman–Crippen LogP) is 3.87. The summed E-state index contributed by atoms with van der Waals surface area (Å²) in [6, 6.07) is 11.8. The Labute approximate surface area is 143 Å². The van der Waals surface area contributed by atoms with Gasteiger partial charge in [-0.3, -0.25) is 4.18 Å². The molecule has 24 heavy (non-hydrogen) atoms. The first kappa shape index (κ1) is 18.3. The lowest BCUT2D eigenvalue weighted by molar-refractivity contribution is 0.208. The van der Waals surface area contributed by atoms with Crippen LogP contribution in [0.2, 0.25) is 0 Å². The van der Waals surface area contributed by atoms with Gasteiger partial charge in [-0.05, 0) is 43.2 Å². The summed E-state index contributed by atoms with van der Waals surface area (Å²) < 4.78 is 40.9. The maximum absolute atomic E-state index is 12.5. The number of ether oxygens (including phenoxy) is 2. The number of aryl methyl sites for hydroxylation is 1. The van der Waals surface area contributed by atoms with Crippen LogP contribution in [0.4, 0.5) is 0 Å². The molecule has 0 unspecified atom stereocenters. The summed E-state index contributed by atoms with van der Waals surface area (Å²) in [5, 5.41) is 0. The van der Waals surface area contributed by atoms with Gasteiger partial charge in [-0.15, -0.1) is 0 Å². The van der Waals surface area contributed by atoms with E-state index in [1.165, 1.54) is 7.11 Å². The Kier molecular flexibility index (Phi) is 5.85. The summed E-state index contributed by atoms with van der Waals surface area (Å²) in [7, 11) is -0.761. The topological polar surface area (TPSA) is 61.8 Å². The molecule has 0 fully saturated rings. The summed E-state index contributed by atoms with van der Waals surface area (Å²) in [6.45, 7) is 3.77. The SMILES string of the molecule is CC[C@H](OS(=O)(=O)c1ccc(C)cc1)c1ccc(OC)c(OC)c1. The van der Waals surface area contributed by atoms with Crippen molar-refractivity contribution in [1.82, 2.24) is 0 Å². The molecular weight excluding hydrogens is 328 g/mol. The second kappa shape index (κ2) is 7.68. The van der Waals surface area contributed by atoms with Crippen LogP contribution in [-0.4, -0.2) is 22.6 Å². The van der Waals surface area contributed by atoms with Gasteiger partial charge in [0.2, 0.25) is 0 Å². The van der Waals surface area contributed by atoms with E-state index in [4.69, 9.17) is 13.7 Å². The highest BCUT2D eigenvalue weighted by Crippen LogP contribution is 2.33. The highest BCUT2D eigenvalue weighted by Gasteiger charge is 2.23. The highest BCUT2D eigenvalue weighted by molar-refractivity contribution is 7.86. The molecule has 2 aromatic carbocycles. The van der Waals surface area contributed by atoms with Crippen molar-refractivity contribution in [2.24, 2.45) is 0 Å². The quantitative estimate of drug-likeness (QED) is 0.710. The monoisotopic (exact) mass is 350 g/mol. The Bertz CT molecular complexity index is 782. The van der Waals surface area contributed by atoms with Gasteiger partial charge in [-0.25, -0.2) is 0 Å². The van der Waals surface area contributed by atoms with Gasteiger partial charge in [0.25, 0.3) is 10.1 Å². The number of hydrogen-bond donors (Lipinski definition) is 0. The Morgan fingerprint density at radius 1 is 0.958 bits per heavy atom. The zero-order chi connectivity index (χ0) is 17.7. The molecular formula is C18H22O5S. The van der Waals surface area contributed by atoms with Gasteiger partial charge in [-0.1, -0.05) is 30.7 Å². The molecule has 0 aliphatic carbocycles. The molecule has 0 aliphatic rings. The standard InChI is InChI=1S/C18H22O5S/c1-5-16(14-8-11-17(21-3)18(12-14)22-4)23-24(19,20)15-9-6-13(2)7-10-15/h6-12,16H,5H2,1-4H3/t16-/m0/s1.